The number of anilines is 1. The molecule has 0 saturated heterocycles. The third-order valence-electron chi connectivity index (χ3n) is 4.26. The highest BCUT2D eigenvalue weighted by Crippen LogP contribution is 2.23. The van der Waals surface area contributed by atoms with Gasteiger partial charge in [0.2, 0.25) is 5.91 Å². The van der Waals surface area contributed by atoms with Crippen LogP contribution in [0.1, 0.15) is 41.0 Å². The smallest absolute Gasteiger partial charge is 0.343 e. The van der Waals surface area contributed by atoms with Gasteiger partial charge in [0.05, 0.1) is 5.69 Å². The third kappa shape index (κ3) is 7.13. The van der Waals surface area contributed by atoms with Gasteiger partial charge in [-0.15, -0.1) is 0 Å². The highest BCUT2D eigenvalue weighted by molar-refractivity contribution is 6.31. The summed E-state index contributed by atoms with van der Waals surface area (Å²) in [6.07, 6.45) is -1.68. The molecule has 10 heteroatoms. The maximum Gasteiger partial charge on any atom is 0.405 e. The van der Waals surface area contributed by atoms with Crippen LogP contribution in [0.4, 0.5) is 18.9 Å². The minimum absolute atomic E-state index is 0.00276. The van der Waals surface area contributed by atoms with Crippen molar-refractivity contribution in [3.63, 3.8) is 0 Å². The van der Waals surface area contributed by atoms with Gasteiger partial charge in [0.1, 0.15) is 11.7 Å². The van der Waals surface area contributed by atoms with Gasteiger partial charge in [0.25, 0.3) is 5.91 Å². The summed E-state index contributed by atoms with van der Waals surface area (Å²) in [4.78, 5) is 24.3. The SMILES string of the molecule is Cc1ccc(C(=O)NCC(F)(F)F)cc1NC(=O)/C=C/c1c(C)nn(CC(C)C)c1Cl. The summed E-state index contributed by atoms with van der Waals surface area (Å²) in [6.45, 7) is 6.77. The highest BCUT2D eigenvalue weighted by Gasteiger charge is 2.28. The van der Waals surface area contributed by atoms with Crippen LogP contribution in [0, 0.1) is 19.8 Å². The fraction of sp³-hybridized carbons (Fsp3) is 0.381. The molecule has 2 N–H and O–H groups in total. The molecule has 2 rings (SSSR count). The first-order chi connectivity index (χ1) is 14.4. The molecular formula is C21H24ClF3N4O2. The number of aryl methyl sites for hydroxylation is 2. The van der Waals surface area contributed by atoms with Crippen molar-refractivity contribution in [3.05, 3.63) is 51.8 Å². The van der Waals surface area contributed by atoms with Crippen LogP contribution in [0.3, 0.4) is 0 Å². The number of hydrogen-bond donors (Lipinski definition) is 2. The predicted molar refractivity (Wildman–Crippen MR) is 114 cm³/mol. The van der Waals surface area contributed by atoms with Gasteiger partial charge >= 0.3 is 6.18 Å². The Hall–Kier alpha value is -2.81. The van der Waals surface area contributed by atoms with Gasteiger partial charge in [-0.1, -0.05) is 31.5 Å². The standard InChI is InChI=1S/C21H24ClF3N4O2/c1-12(2)10-29-19(22)16(14(4)28-29)7-8-18(30)27-17-9-15(6-5-13(17)3)20(31)26-11-21(23,24)25/h5-9,12H,10-11H2,1-4H3,(H,26,31)(H,27,30)/b8-7+. The van der Waals surface area contributed by atoms with Crippen LogP contribution in [0.2, 0.25) is 5.15 Å². The van der Waals surface area contributed by atoms with E-state index in [1.165, 1.54) is 18.2 Å². The number of amides is 2. The lowest BCUT2D eigenvalue weighted by molar-refractivity contribution is -0.123. The van der Waals surface area contributed by atoms with Gasteiger partial charge in [-0.2, -0.15) is 18.3 Å². The number of nitrogens with one attached hydrogen (secondary N) is 2. The Balaban J connectivity index is 2.12. The molecule has 6 nitrogen and oxygen atoms in total. The van der Waals surface area contributed by atoms with Crippen molar-refractivity contribution in [2.24, 2.45) is 5.92 Å². The molecule has 2 aromatic rings. The Morgan fingerprint density at radius 2 is 1.94 bits per heavy atom. The zero-order valence-electron chi connectivity index (χ0n) is 17.6. The number of halogens is 4. The van der Waals surface area contributed by atoms with E-state index in [4.69, 9.17) is 11.6 Å². The van der Waals surface area contributed by atoms with Crippen molar-refractivity contribution < 1.29 is 22.8 Å². The summed E-state index contributed by atoms with van der Waals surface area (Å²) < 4.78 is 38.6. The summed E-state index contributed by atoms with van der Waals surface area (Å²) in [7, 11) is 0. The molecule has 1 heterocycles. The van der Waals surface area contributed by atoms with Crippen LogP contribution < -0.4 is 10.6 Å². The Kier molecular flexibility index (Phi) is 7.89. The lowest BCUT2D eigenvalue weighted by Gasteiger charge is -2.11. The molecule has 0 bridgehead atoms. The summed E-state index contributed by atoms with van der Waals surface area (Å²) >= 11 is 6.35. The van der Waals surface area contributed by atoms with E-state index in [9.17, 15) is 22.8 Å². The Bertz CT molecular complexity index is 997. The van der Waals surface area contributed by atoms with E-state index >= 15 is 0 Å². The zero-order valence-corrected chi connectivity index (χ0v) is 18.4. The summed E-state index contributed by atoms with van der Waals surface area (Å²) in [5.41, 5.74) is 2.26. The largest absolute Gasteiger partial charge is 0.405 e. The molecule has 1 aromatic carbocycles. The number of alkyl halides is 3. The van der Waals surface area contributed by atoms with Gasteiger partial charge in [-0.3, -0.25) is 14.3 Å². The summed E-state index contributed by atoms with van der Waals surface area (Å²) in [5, 5.41) is 9.22. The van der Waals surface area contributed by atoms with Crippen molar-refractivity contribution in [2.45, 2.75) is 40.4 Å². The van der Waals surface area contributed by atoms with Crippen LogP contribution in [0.25, 0.3) is 6.08 Å². The van der Waals surface area contributed by atoms with Gasteiger partial charge in [0, 0.05) is 29.4 Å². The first kappa shape index (κ1) is 24.5. The van der Waals surface area contributed by atoms with Crippen molar-refractivity contribution in [1.29, 1.82) is 0 Å². The van der Waals surface area contributed by atoms with Gasteiger partial charge in [-0.25, -0.2) is 0 Å². The van der Waals surface area contributed by atoms with E-state index in [1.54, 1.807) is 36.0 Å². The molecular weight excluding hydrogens is 433 g/mol. The molecule has 0 aliphatic rings. The van der Waals surface area contributed by atoms with Crippen LogP contribution in [0.15, 0.2) is 24.3 Å². The number of nitrogens with zero attached hydrogens (tertiary/aromatic N) is 2. The molecule has 31 heavy (non-hydrogen) atoms. The molecule has 2 amide bonds. The second kappa shape index (κ2) is 10.00. The normalized spacial score (nSPS) is 11.9. The van der Waals surface area contributed by atoms with E-state index in [-0.39, 0.29) is 5.56 Å². The fourth-order valence-corrected chi connectivity index (χ4v) is 3.04. The van der Waals surface area contributed by atoms with Gasteiger partial charge in [0.15, 0.2) is 0 Å². The molecule has 0 atom stereocenters. The molecule has 0 radical (unpaired) electrons. The van der Waals surface area contributed by atoms with Crippen molar-refractivity contribution in [2.75, 3.05) is 11.9 Å². The van der Waals surface area contributed by atoms with Crippen molar-refractivity contribution in [1.82, 2.24) is 15.1 Å². The molecule has 0 saturated carbocycles. The molecule has 0 aliphatic heterocycles. The number of rotatable bonds is 7. The Labute approximate surface area is 183 Å². The average molecular weight is 457 g/mol. The molecule has 0 spiro atoms. The Morgan fingerprint density at radius 3 is 2.55 bits per heavy atom. The third-order valence-corrected chi connectivity index (χ3v) is 4.65. The molecule has 168 valence electrons. The average Bonchev–Trinajstić information content (AvgIpc) is 2.91. The predicted octanol–water partition coefficient (Wildman–Crippen LogP) is 4.75. The van der Waals surface area contributed by atoms with E-state index in [1.807, 2.05) is 13.8 Å². The molecule has 0 unspecified atom stereocenters. The lowest BCUT2D eigenvalue weighted by Crippen LogP contribution is -2.33. The van der Waals surface area contributed by atoms with E-state index in [2.05, 4.69) is 10.4 Å². The summed E-state index contributed by atoms with van der Waals surface area (Å²) in [5.74, 6) is -1.02. The van der Waals surface area contributed by atoms with E-state index in [0.29, 0.717) is 40.1 Å². The maximum absolute atomic E-state index is 12.4. The first-order valence-corrected chi connectivity index (χ1v) is 9.92. The number of carbonyl (C=O) groups is 2. The highest BCUT2D eigenvalue weighted by atomic mass is 35.5. The minimum Gasteiger partial charge on any atom is -0.343 e. The number of carbonyl (C=O) groups excluding carboxylic acids is 2. The second-order valence-corrected chi connectivity index (χ2v) is 7.87. The van der Waals surface area contributed by atoms with Gasteiger partial charge in [-0.05, 0) is 43.5 Å². The van der Waals surface area contributed by atoms with Crippen LogP contribution >= 0.6 is 11.6 Å². The number of hydrogen-bond acceptors (Lipinski definition) is 3. The number of benzene rings is 1. The molecule has 0 aliphatic carbocycles. The minimum atomic E-state index is -4.51. The van der Waals surface area contributed by atoms with E-state index in [0.717, 1.165) is 0 Å². The molecule has 1 aromatic heterocycles. The zero-order chi connectivity index (χ0) is 23.3. The second-order valence-electron chi connectivity index (χ2n) is 7.52. The van der Waals surface area contributed by atoms with Crippen LogP contribution in [-0.4, -0.2) is 34.3 Å². The molecule has 0 fully saturated rings. The lowest BCUT2D eigenvalue weighted by atomic mass is 10.1. The maximum atomic E-state index is 12.4. The quantitative estimate of drug-likeness (QED) is 0.590. The topological polar surface area (TPSA) is 76.0 Å². The van der Waals surface area contributed by atoms with Gasteiger partial charge < -0.3 is 10.6 Å². The fourth-order valence-electron chi connectivity index (χ4n) is 2.74. The van der Waals surface area contributed by atoms with Crippen LogP contribution in [0.5, 0.6) is 0 Å². The number of aromatic nitrogens is 2. The van der Waals surface area contributed by atoms with Crippen LogP contribution in [-0.2, 0) is 11.3 Å². The monoisotopic (exact) mass is 456 g/mol. The van der Waals surface area contributed by atoms with Crippen molar-refractivity contribution >= 4 is 35.2 Å². The first-order valence-electron chi connectivity index (χ1n) is 9.55. The van der Waals surface area contributed by atoms with E-state index < -0.39 is 24.5 Å². The summed E-state index contributed by atoms with van der Waals surface area (Å²) in [6, 6.07) is 4.25. The Morgan fingerprint density at radius 1 is 1.26 bits per heavy atom. The van der Waals surface area contributed by atoms with Crippen molar-refractivity contribution in [3.8, 4) is 0 Å².